The molecule has 2 N–H and O–H groups in total. The minimum Gasteiger partial charge on any atom is -0.383 e. The molecule has 20 heavy (non-hydrogen) atoms. The Kier molecular flexibility index (Phi) is 6.02. The van der Waals surface area contributed by atoms with Crippen molar-refractivity contribution in [3.8, 4) is 0 Å². The van der Waals surface area contributed by atoms with Crippen molar-refractivity contribution < 1.29 is 4.74 Å². The maximum absolute atomic E-state index is 6.37. The Morgan fingerprint density at radius 3 is 2.55 bits per heavy atom. The largest absolute Gasteiger partial charge is 0.383 e. The van der Waals surface area contributed by atoms with Crippen LogP contribution in [-0.2, 0) is 11.2 Å². The SMILES string of the molecule is CCCc1ccc(C(N)CN(CCOC)C2CC2)cc1. The highest BCUT2D eigenvalue weighted by molar-refractivity contribution is 5.25. The third kappa shape index (κ3) is 4.58. The maximum Gasteiger partial charge on any atom is 0.0589 e. The second kappa shape index (κ2) is 7.77. The number of ether oxygens (including phenoxy) is 1. The van der Waals surface area contributed by atoms with Crippen molar-refractivity contribution >= 4 is 0 Å². The van der Waals surface area contributed by atoms with Gasteiger partial charge in [0.15, 0.2) is 0 Å². The number of benzene rings is 1. The fourth-order valence-electron chi connectivity index (χ4n) is 2.65. The van der Waals surface area contributed by atoms with E-state index in [0.717, 1.165) is 32.2 Å². The molecule has 3 heteroatoms. The first-order valence-corrected chi connectivity index (χ1v) is 7.82. The quantitative estimate of drug-likeness (QED) is 0.753. The van der Waals surface area contributed by atoms with Gasteiger partial charge < -0.3 is 10.5 Å². The normalized spacial score (nSPS) is 16.6. The van der Waals surface area contributed by atoms with Gasteiger partial charge in [-0.05, 0) is 30.4 Å². The van der Waals surface area contributed by atoms with Crippen LogP contribution in [0.1, 0.15) is 43.4 Å². The highest BCUT2D eigenvalue weighted by Crippen LogP contribution is 2.28. The van der Waals surface area contributed by atoms with Crippen molar-refractivity contribution in [1.29, 1.82) is 0 Å². The highest BCUT2D eigenvalue weighted by Gasteiger charge is 2.29. The molecule has 1 fully saturated rings. The molecule has 0 aliphatic heterocycles. The summed E-state index contributed by atoms with van der Waals surface area (Å²) in [5.41, 5.74) is 9.02. The molecule has 1 atom stereocenters. The summed E-state index contributed by atoms with van der Waals surface area (Å²) in [6.07, 6.45) is 4.97. The fraction of sp³-hybridized carbons (Fsp3) is 0.647. The number of aryl methyl sites for hydroxylation is 1. The highest BCUT2D eigenvalue weighted by atomic mass is 16.5. The van der Waals surface area contributed by atoms with Gasteiger partial charge in [-0.1, -0.05) is 37.6 Å². The summed E-state index contributed by atoms with van der Waals surface area (Å²) in [6, 6.07) is 9.65. The summed E-state index contributed by atoms with van der Waals surface area (Å²) in [5, 5.41) is 0. The van der Waals surface area contributed by atoms with Crippen LogP contribution in [-0.4, -0.2) is 37.7 Å². The lowest BCUT2D eigenvalue weighted by atomic mass is 10.0. The summed E-state index contributed by atoms with van der Waals surface area (Å²) >= 11 is 0. The molecule has 1 aliphatic carbocycles. The topological polar surface area (TPSA) is 38.5 Å². The predicted molar refractivity (Wildman–Crippen MR) is 83.8 cm³/mol. The van der Waals surface area contributed by atoms with Crippen molar-refractivity contribution in [2.45, 2.75) is 44.7 Å². The fourth-order valence-corrected chi connectivity index (χ4v) is 2.65. The average molecular weight is 276 g/mol. The molecule has 1 unspecified atom stereocenters. The van der Waals surface area contributed by atoms with Crippen LogP contribution < -0.4 is 5.73 Å². The molecule has 0 saturated heterocycles. The first kappa shape index (κ1) is 15.5. The van der Waals surface area contributed by atoms with Crippen molar-refractivity contribution in [3.05, 3.63) is 35.4 Å². The van der Waals surface area contributed by atoms with Crippen LogP contribution in [0.2, 0.25) is 0 Å². The van der Waals surface area contributed by atoms with Gasteiger partial charge >= 0.3 is 0 Å². The first-order chi connectivity index (χ1) is 9.74. The molecule has 1 aromatic rings. The molecule has 0 amide bonds. The maximum atomic E-state index is 6.37. The van der Waals surface area contributed by atoms with Gasteiger partial charge in [-0.25, -0.2) is 0 Å². The monoisotopic (exact) mass is 276 g/mol. The Hall–Kier alpha value is -0.900. The Morgan fingerprint density at radius 2 is 2.00 bits per heavy atom. The summed E-state index contributed by atoms with van der Waals surface area (Å²) in [6.45, 7) is 4.92. The molecule has 0 radical (unpaired) electrons. The molecule has 0 heterocycles. The van der Waals surface area contributed by atoms with E-state index in [2.05, 4.69) is 36.1 Å². The minimum absolute atomic E-state index is 0.100. The Labute approximate surface area is 123 Å². The number of nitrogens with two attached hydrogens (primary N) is 1. The van der Waals surface area contributed by atoms with Crippen LogP contribution in [0.5, 0.6) is 0 Å². The van der Waals surface area contributed by atoms with Gasteiger partial charge in [0.25, 0.3) is 0 Å². The van der Waals surface area contributed by atoms with Gasteiger partial charge in [-0.15, -0.1) is 0 Å². The number of methoxy groups -OCH3 is 1. The third-order valence-electron chi connectivity index (χ3n) is 4.02. The summed E-state index contributed by atoms with van der Waals surface area (Å²) in [5.74, 6) is 0. The van der Waals surface area contributed by atoms with E-state index < -0.39 is 0 Å². The summed E-state index contributed by atoms with van der Waals surface area (Å²) in [7, 11) is 1.76. The molecule has 1 saturated carbocycles. The van der Waals surface area contributed by atoms with Crippen LogP contribution in [0.15, 0.2) is 24.3 Å². The summed E-state index contributed by atoms with van der Waals surface area (Å²) in [4.78, 5) is 2.48. The molecule has 0 aromatic heterocycles. The molecule has 3 nitrogen and oxygen atoms in total. The number of hydrogen-bond acceptors (Lipinski definition) is 3. The van der Waals surface area contributed by atoms with Crippen LogP contribution in [0.4, 0.5) is 0 Å². The standard InChI is InChI=1S/C17H28N2O/c1-3-4-14-5-7-15(8-6-14)17(18)13-19(11-12-20-2)16-9-10-16/h5-8,16-17H,3-4,9-13,18H2,1-2H3. The first-order valence-electron chi connectivity index (χ1n) is 7.82. The Morgan fingerprint density at radius 1 is 1.30 bits per heavy atom. The molecule has 112 valence electrons. The van der Waals surface area contributed by atoms with Crippen molar-refractivity contribution in [2.24, 2.45) is 5.73 Å². The smallest absolute Gasteiger partial charge is 0.0589 e. The Balaban J connectivity index is 1.89. The lowest BCUT2D eigenvalue weighted by Gasteiger charge is -2.25. The van der Waals surface area contributed by atoms with Crippen LogP contribution in [0, 0.1) is 0 Å². The third-order valence-corrected chi connectivity index (χ3v) is 4.02. The van der Waals surface area contributed by atoms with E-state index in [1.165, 1.54) is 30.4 Å². The minimum atomic E-state index is 0.100. The van der Waals surface area contributed by atoms with Crippen LogP contribution in [0.25, 0.3) is 0 Å². The Bertz CT molecular complexity index is 386. The van der Waals surface area contributed by atoms with Gasteiger partial charge in [0.05, 0.1) is 6.61 Å². The van der Waals surface area contributed by atoms with E-state index in [-0.39, 0.29) is 6.04 Å². The van der Waals surface area contributed by atoms with Gasteiger partial charge in [-0.3, -0.25) is 4.90 Å². The summed E-state index contributed by atoms with van der Waals surface area (Å²) < 4.78 is 5.20. The van der Waals surface area contributed by atoms with E-state index in [1.807, 2.05) is 0 Å². The molecular weight excluding hydrogens is 248 g/mol. The second-order valence-electron chi connectivity index (χ2n) is 5.82. The van der Waals surface area contributed by atoms with E-state index >= 15 is 0 Å². The molecule has 2 rings (SSSR count). The van der Waals surface area contributed by atoms with E-state index in [4.69, 9.17) is 10.5 Å². The van der Waals surface area contributed by atoms with E-state index in [9.17, 15) is 0 Å². The molecule has 0 bridgehead atoms. The number of rotatable bonds is 9. The number of nitrogens with zero attached hydrogens (tertiary/aromatic N) is 1. The molecular formula is C17H28N2O. The zero-order valence-corrected chi connectivity index (χ0v) is 12.8. The zero-order valence-electron chi connectivity index (χ0n) is 12.8. The molecule has 1 aromatic carbocycles. The van der Waals surface area contributed by atoms with Crippen LogP contribution >= 0.6 is 0 Å². The second-order valence-corrected chi connectivity index (χ2v) is 5.82. The zero-order chi connectivity index (χ0) is 14.4. The van der Waals surface area contributed by atoms with Crippen molar-refractivity contribution in [1.82, 2.24) is 4.90 Å². The van der Waals surface area contributed by atoms with Crippen molar-refractivity contribution in [2.75, 3.05) is 26.8 Å². The lowest BCUT2D eigenvalue weighted by Crippen LogP contribution is -2.36. The number of hydrogen-bond donors (Lipinski definition) is 1. The molecule has 0 spiro atoms. The van der Waals surface area contributed by atoms with Gasteiger partial charge in [0, 0.05) is 32.3 Å². The van der Waals surface area contributed by atoms with Crippen LogP contribution in [0.3, 0.4) is 0 Å². The average Bonchev–Trinajstić information content (AvgIpc) is 3.29. The molecule has 1 aliphatic rings. The van der Waals surface area contributed by atoms with E-state index in [1.54, 1.807) is 7.11 Å². The van der Waals surface area contributed by atoms with Gasteiger partial charge in [0.2, 0.25) is 0 Å². The van der Waals surface area contributed by atoms with E-state index in [0.29, 0.717) is 0 Å². The van der Waals surface area contributed by atoms with Gasteiger partial charge in [0.1, 0.15) is 0 Å². The lowest BCUT2D eigenvalue weighted by molar-refractivity contribution is 0.139. The van der Waals surface area contributed by atoms with Crippen molar-refractivity contribution in [3.63, 3.8) is 0 Å². The van der Waals surface area contributed by atoms with Gasteiger partial charge in [-0.2, -0.15) is 0 Å². The predicted octanol–water partition coefficient (Wildman–Crippen LogP) is 2.75.